The lowest BCUT2D eigenvalue weighted by Crippen LogP contribution is -2.04. The fraction of sp³-hybridized carbons (Fsp3) is 0.0455. The second-order valence-corrected chi connectivity index (χ2v) is 6.04. The highest BCUT2D eigenvalue weighted by Crippen LogP contribution is 2.23. The van der Waals surface area contributed by atoms with Gasteiger partial charge in [0, 0.05) is 30.8 Å². The Kier molecular flexibility index (Phi) is 5.39. The van der Waals surface area contributed by atoms with E-state index in [4.69, 9.17) is 4.74 Å². The molecule has 0 unspecified atom stereocenters. The van der Waals surface area contributed by atoms with E-state index in [2.05, 4.69) is 25.6 Å². The predicted octanol–water partition coefficient (Wildman–Crippen LogP) is 5.02. The van der Waals surface area contributed by atoms with E-state index in [1.54, 1.807) is 12.4 Å². The molecule has 0 amide bonds. The van der Waals surface area contributed by atoms with Crippen LogP contribution in [0.3, 0.4) is 0 Å². The molecule has 0 aliphatic rings. The Balaban J connectivity index is 1.37. The van der Waals surface area contributed by atoms with Gasteiger partial charge in [-0.1, -0.05) is 24.3 Å². The van der Waals surface area contributed by atoms with Gasteiger partial charge in [0.05, 0.1) is 0 Å². The number of hydrogen-bond donors (Lipinski definition) is 2. The molecular weight excluding hydrogens is 350 g/mol. The fourth-order valence-electron chi connectivity index (χ4n) is 2.57. The summed E-state index contributed by atoms with van der Waals surface area (Å²) in [6, 6.07) is 23.1. The molecule has 28 heavy (non-hydrogen) atoms. The Morgan fingerprint density at radius 1 is 0.786 bits per heavy atom. The zero-order chi connectivity index (χ0) is 19.0. The summed E-state index contributed by atoms with van der Waals surface area (Å²) in [5, 5.41) is 6.48. The molecule has 0 aliphatic carbocycles. The number of rotatable bonds is 7. The molecule has 4 rings (SSSR count). The van der Waals surface area contributed by atoms with Crippen LogP contribution in [0.25, 0.3) is 0 Å². The van der Waals surface area contributed by atoms with Crippen molar-refractivity contribution in [2.45, 2.75) is 6.54 Å². The average molecular weight is 369 g/mol. The summed E-state index contributed by atoms with van der Waals surface area (Å²) in [5.41, 5.74) is 1.97. The molecule has 0 radical (unpaired) electrons. The fourth-order valence-corrected chi connectivity index (χ4v) is 2.57. The third-order valence-electron chi connectivity index (χ3n) is 3.94. The Morgan fingerprint density at radius 2 is 1.61 bits per heavy atom. The van der Waals surface area contributed by atoms with E-state index in [0.717, 1.165) is 28.6 Å². The smallest absolute Gasteiger partial charge is 0.229 e. The van der Waals surface area contributed by atoms with Gasteiger partial charge in [0.25, 0.3) is 0 Å². The van der Waals surface area contributed by atoms with E-state index in [-0.39, 0.29) is 0 Å². The molecule has 4 aromatic rings. The molecule has 0 aliphatic heterocycles. The quantitative estimate of drug-likeness (QED) is 0.477. The Morgan fingerprint density at radius 3 is 2.39 bits per heavy atom. The summed E-state index contributed by atoms with van der Waals surface area (Å²) in [7, 11) is 0. The molecule has 6 nitrogen and oxygen atoms in total. The van der Waals surface area contributed by atoms with Crippen LogP contribution in [0.1, 0.15) is 5.56 Å². The van der Waals surface area contributed by atoms with Crippen molar-refractivity contribution in [2.75, 3.05) is 10.6 Å². The Labute approximate surface area is 163 Å². The highest BCUT2D eigenvalue weighted by molar-refractivity contribution is 5.56. The first-order valence-corrected chi connectivity index (χ1v) is 8.91. The summed E-state index contributed by atoms with van der Waals surface area (Å²) in [6.45, 7) is 0.649. The van der Waals surface area contributed by atoms with Crippen molar-refractivity contribution in [3.63, 3.8) is 0 Å². The number of nitrogens with one attached hydrogen (secondary N) is 2. The van der Waals surface area contributed by atoms with Gasteiger partial charge < -0.3 is 15.4 Å². The molecule has 0 saturated heterocycles. The first-order chi connectivity index (χ1) is 13.8. The third-order valence-corrected chi connectivity index (χ3v) is 3.94. The molecule has 0 fully saturated rings. The number of pyridine rings is 1. The first kappa shape index (κ1) is 17.5. The molecular formula is C22H19N5O. The van der Waals surface area contributed by atoms with Crippen molar-refractivity contribution in [2.24, 2.45) is 0 Å². The van der Waals surface area contributed by atoms with Crippen LogP contribution in [-0.2, 0) is 6.54 Å². The maximum atomic E-state index is 5.80. The summed E-state index contributed by atoms with van der Waals surface area (Å²) >= 11 is 0. The molecule has 2 aromatic heterocycles. The van der Waals surface area contributed by atoms with Crippen molar-refractivity contribution >= 4 is 17.5 Å². The lowest BCUT2D eigenvalue weighted by atomic mass is 10.3. The number of nitrogens with zero attached hydrogens (tertiary/aromatic N) is 3. The first-order valence-electron chi connectivity index (χ1n) is 8.91. The average Bonchev–Trinajstić information content (AvgIpc) is 2.76. The van der Waals surface area contributed by atoms with Crippen LogP contribution >= 0.6 is 0 Å². The van der Waals surface area contributed by atoms with Crippen LogP contribution in [0.2, 0.25) is 0 Å². The monoisotopic (exact) mass is 369 g/mol. The minimum Gasteiger partial charge on any atom is -0.457 e. The van der Waals surface area contributed by atoms with Crippen LogP contribution < -0.4 is 15.4 Å². The summed E-state index contributed by atoms with van der Waals surface area (Å²) < 4.78 is 5.80. The largest absolute Gasteiger partial charge is 0.457 e. The number of benzene rings is 2. The van der Waals surface area contributed by atoms with Gasteiger partial charge in [-0.05, 0) is 54.1 Å². The van der Waals surface area contributed by atoms with Gasteiger partial charge in [0.1, 0.15) is 17.3 Å². The lowest BCUT2D eigenvalue weighted by molar-refractivity contribution is 0.483. The Hall–Kier alpha value is -3.93. The molecule has 2 aromatic carbocycles. The number of ether oxygens (including phenoxy) is 1. The lowest BCUT2D eigenvalue weighted by Gasteiger charge is -2.09. The second-order valence-electron chi connectivity index (χ2n) is 6.04. The topological polar surface area (TPSA) is 72.0 Å². The van der Waals surface area contributed by atoms with Crippen LogP contribution in [0.4, 0.5) is 17.5 Å². The highest BCUT2D eigenvalue weighted by atomic mass is 16.5. The van der Waals surface area contributed by atoms with E-state index in [1.807, 2.05) is 79.0 Å². The summed E-state index contributed by atoms with van der Waals surface area (Å²) in [5.74, 6) is 2.83. The van der Waals surface area contributed by atoms with Gasteiger partial charge in [-0.3, -0.25) is 4.98 Å². The van der Waals surface area contributed by atoms with Gasteiger partial charge in [-0.2, -0.15) is 4.98 Å². The van der Waals surface area contributed by atoms with Crippen molar-refractivity contribution < 1.29 is 4.74 Å². The van der Waals surface area contributed by atoms with Crippen molar-refractivity contribution in [3.8, 4) is 11.5 Å². The molecule has 0 spiro atoms. The standard InChI is InChI=1S/C22H19N5O/c1-2-6-19(7-3-1)28-20-10-8-18(9-11-20)26-22-24-14-12-21(27-22)25-16-17-5-4-13-23-15-17/h1-15H,16H2,(H2,24,25,26,27). The molecule has 0 bridgehead atoms. The van der Waals surface area contributed by atoms with E-state index >= 15 is 0 Å². The van der Waals surface area contributed by atoms with Crippen molar-refractivity contribution in [1.29, 1.82) is 0 Å². The maximum Gasteiger partial charge on any atom is 0.229 e. The SMILES string of the molecule is c1ccc(Oc2ccc(Nc3nccc(NCc4cccnc4)n3)cc2)cc1. The summed E-state index contributed by atoms with van der Waals surface area (Å²) in [6.07, 6.45) is 5.30. The van der Waals surface area contributed by atoms with Gasteiger partial charge >= 0.3 is 0 Å². The number of hydrogen-bond acceptors (Lipinski definition) is 6. The van der Waals surface area contributed by atoms with E-state index in [1.165, 1.54) is 0 Å². The molecule has 2 heterocycles. The normalized spacial score (nSPS) is 10.3. The predicted molar refractivity (Wildman–Crippen MR) is 110 cm³/mol. The van der Waals surface area contributed by atoms with Crippen LogP contribution in [0.15, 0.2) is 91.4 Å². The number of para-hydroxylation sites is 1. The number of aromatic nitrogens is 3. The van der Waals surface area contributed by atoms with Gasteiger partial charge in [0.2, 0.25) is 5.95 Å². The zero-order valence-corrected chi connectivity index (χ0v) is 15.1. The van der Waals surface area contributed by atoms with Crippen molar-refractivity contribution in [1.82, 2.24) is 15.0 Å². The zero-order valence-electron chi connectivity index (χ0n) is 15.1. The van der Waals surface area contributed by atoms with Gasteiger partial charge in [0.15, 0.2) is 0 Å². The minimum absolute atomic E-state index is 0.521. The van der Waals surface area contributed by atoms with Crippen LogP contribution in [0, 0.1) is 0 Å². The van der Waals surface area contributed by atoms with E-state index < -0.39 is 0 Å². The minimum atomic E-state index is 0.521. The molecule has 2 N–H and O–H groups in total. The summed E-state index contributed by atoms with van der Waals surface area (Å²) in [4.78, 5) is 12.9. The van der Waals surface area contributed by atoms with Gasteiger partial charge in [-0.15, -0.1) is 0 Å². The molecule has 0 atom stereocenters. The maximum absolute atomic E-state index is 5.80. The number of anilines is 3. The van der Waals surface area contributed by atoms with Crippen molar-refractivity contribution in [3.05, 3.63) is 97.0 Å². The second kappa shape index (κ2) is 8.64. The molecule has 0 saturated carbocycles. The highest BCUT2D eigenvalue weighted by Gasteiger charge is 2.02. The van der Waals surface area contributed by atoms with Gasteiger partial charge in [-0.25, -0.2) is 4.98 Å². The van der Waals surface area contributed by atoms with E-state index in [9.17, 15) is 0 Å². The van der Waals surface area contributed by atoms with Crippen LogP contribution in [0.5, 0.6) is 11.5 Å². The molecule has 6 heteroatoms. The molecule has 138 valence electrons. The third kappa shape index (κ3) is 4.82. The van der Waals surface area contributed by atoms with E-state index in [0.29, 0.717) is 12.5 Å². The Bertz CT molecular complexity index is 1010. The van der Waals surface area contributed by atoms with Crippen LogP contribution in [-0.4, -0.2) is 15.0 Å².